The lowest BCUT2D eigenvalue weighted by molar-refractivity contribution is -0.119. The number of hydrogen-bond donors (Lipinski definition) is 2. The minimum atomic E-state index is -0.550. The third kappa shape index (κ3) is 4.99. The van der Waals surface area contributed by atoms with Crippen LogP contribution in [0.5, 0.6) is 5.75 Å². The number of hydrogen-bond acceptors (Lipinski definition) is 4. The first-order valence-electron chi connectivity index (χ1n) is 8.94. The normalized spacial score (nSPS) is 10.9. The van der Waals surface area contributed by atoms with Crippen molar-refractivity contribution in [2.45, 2.75) is 26.4 Å². The largest absolute Gasteiger partial charge is 0.493 e. The Morgan fingerprint density at radius 3 is 2.72 bits per heavy atom. The van der Waals surface area contributed by atoms with Crippen LogP contribution in [0.15, 0.2) is 46.0 Å². The Hall–Kier alpha value is -2.77. The number of rotatable bonds is 7. The molecule has 1 heterocycles. The molecule has 0 unspecified atom stereocenters. The number of nitrogens with zero attached hydrogens (tertiary/aromatic N) is 1. The van der Waals surface area contributed by atoms with Gasteiger partial charge in [-0.3, -0.25) is 19.1 Å². The van der Waals surface area contributed by atoms with Crippen molar-refractivity contribution in [1.82, 2.24) is 14.9 Å². The van der Waals surface area contributed by atoms with Crippen molar-refractivity contribution in [2.24, 2.45) is 0 Å². The van der Waals surface area contributed by atoms with Crippen LogP contribution in [0.25, 0.3) is 10.9 Å². The van der Waals surface area contributed by atoms with Crippen LogP contribution in [0.2, 0.25) is 10.0 Å². The monoisotopic (exact) mass is 435 g/mol. The third-order valence-electron chi connectivity index (χ3n) is 4.30. The van der Waals surface area contributed by atoms with Crippen LogP contribution >= 0.6 is 23.2 Å². The van der Waals surface area contributed by atoms with Crippen molar-refractivity contribution < 1.29 is 9.53 Å². The van der Waals surface area contributed by atoms with Gasteiger partial charge >= 0.3 is 5.69 Å². The zero-order valence-electron chi connectivity index (χ0n) is 15.6. The summed E-state index contributed by atoms with van der Waals surface area (Å²) in [6.07, 6.45) is 0.500. The summed E-state index contributed by atoms with van der Waals surface area (Å²) in [5.74, 6) is 0.535. The number of nitrogens with one attached hydrogen (secondary N) is 2. The van der Waals surface area contributed by atoms with Gasteiger partial charge in [-0.15, -0.1) is 0 Å². The highest BCUT2D eigenvalue weighted by atomic mass is 35.5. The Morgan fingerprint density at radius 1 is 1.21 bits per heavy atom. The zero-order chi connectivity index (χ0) is 21.0. The van der Waals surface area contributed by atoms with Gasteiger partial charge in [-0.25, -0.2) is 4.79 Å². The summed E-state index contributed by atoms with van der Waals surface area (Å²) in [6.45, 7) is 2.45. The Morgan fingerprint density at radius 2 is 1.97 bits per heavy atom. The highest BCUT2D eigenvalue weighted by Crippen LogP contribution is 2.24. The first-order valence-corrected chi connectivity index (χ1v) is 9.69. The van der Waals surface area contributed by atoms with Crippen molar-refractivity contribution in [3.63, 3.8) is 0 Å². The van der Waals surface area contributed by atoms with Gasteiger partial charge in [0.05, 0.1) is 22.5 Å². The molecular formula is C20H19Cl2N3O4. The van der Waals surface area contributed by atoms with Gasteiger partial charge in [0.15, 0.2) is 0 Å². The van der Waals surface area contributed by atoms with Crippen molar-refractivity contribution in [1.29, 1.82) is 0 Å². The molecule has 0 fully saturated rings. The van der Waals surface area contributed by atoms with Crippen LogP contribution in [-0.4, -0.2) is 22.1 Å². The summed E-state index contributed by atoms with van der Waals surface area (Å²) in [7, 11) is 0. The van der Waals surface area contributed by atoms with Crippen LogP contribution in [0.1, 0.15) is 18.9 Å². The second kappa shape index (κ2) is 9.15. The maximum atomic E-state index is 12.3. The van der Waals surface area contributed by atoms with E-state index in [1.54, 1.807) is 6.07 Å². The van der Waals surface area contributed by atoms with Crippen LogP contribution in [0.3, 0.4) is 0 Å². The number of fused-ring (bicyclic) bond motifs is 1. The van der Waals surface area contributed by atoms with Gasteiger partial charge < -0.3 is 10.1 Å². The summed E-state index contributed by atoms with van der Waals surface area (Å²) in [6, 6.07) is 10.4. The predicted octanol–water partition coefficient (Wildman–Crippen LogP) is 3.10. The van der Waals surface area contributed by atoms with Gasteiger partial charge in [0, 0.05) is 30.6 Å². The Kier molecular flexibility index (Phi) is 6.61. The molecule has 0 bridgehead atoms. The number of benzene rings is 2. The molecule has 1 aromatic heterocycles. The molecule has 0 aliphatic rings. The molecule has 3 rings (SSSR count). The van der Waals surface area contributed by atoms with Crippen LogP contribution in [0.4, 0.5) is 0 Å². The second-order valence-electron chi connectivity index (χ2n) is 6.41. The van der Waals surface area contributed by atoms with Gasteiger partial charge in [0.1, 0.15) is 5.75 Å². The summed E-state index contributed by atoms with van der Waals surface area (Å²) < 4.78 is 7.24. The number of aromatic nitrogens is 2. The molecule has 1 amide bonds. The topological polar surface area (TPSA) is 93.2 Å². The summed E-state index contributed by atoms with van der Waals surface area (Å²) >= 11 is 12.2. The maximum absolute atomic E-state index is 12.3. The number of halogens is 2. The Labute approximate surface area is 176 Å². The van der Waals surface area contributed by atoms with E-state index in [9.17, 15) is 14.4 Å². The lowest BCUT2D eigenvalue weighted by Gasteiger charge is -2.13. The molecule has 9 heteroatoms. The average molecular weight is 436 g/mol. The van der Waals surface area contributed by atoms with Gasteiger partial charge in [-0.1, -0.05) is 41.4 Å². The van der Waals surface area contributed by atoms with Crippen LogP contribution < -0.4 is 21.3 Å². The van der Waals surface area contributed by atoms with E-state index in [4.69, 9.17) is 27.9 Å². The molecule has 2 aromatic carbocycles. The standard InChI is InChI=1S/C20H19Cl2N3O4/c1-12(26)23-11-13-5-2-3-6-17(13)29-8-4-7-25-16-10-14(21)9-15(22)18(16)19(27)24-20(25)28/h2-3,5-6,9-10H,4,7-8,11H2,1H3,(H,23,26)(H,24,27,28). The minimum Gasteiger partial charge on any atom is -0.493 e. The van der Waals surface area contributed by atoms with E-state index < -0.39 is 11.2 Å². The molecule has 2 N–H and O–H groups in total. The number of H-pyrrole nitrogens is 1. The molecule has 7 nitrogen and oxygen atoms in total. The quantitative estimate of drug-likeness (QED) is 0.557. The van der Waals surface area contributed by atoms with Gasteiger partial charge in [-0.2, -0.15) is 0 Å². The van der Waals surface area contributed by atoms with E-state index in [0.29, 0.717) is 42.4 Å². The fraction of sp³-hybridized carbons (Fsp3) is 0.250. The highest BCUT2D eigenvalue weighted by Gasteiger charge is 2.12. The SMILES string of the molecule is CC(=O)NCc1ccccc1OCCCn1c(=O)[nH]c(=O)c2c(Cl)cc(Cl)cc21. The molecule has 0 saturated carbocycles. The molecule has 0 aliphatic carbocycles. The number of ether oxygens (including phenoxy) is 1. The fourth-order valence-electron chi connectivity index (χ4n) is 2.97. The minimum absolute atomic E-state index is 0.124. The number of aromatic amines is 1. The Bertz CT molecular complexity index is 1170. The van der Waals surface area contributed by atoms with E-state index in [0.717, 1.165) is 5.56 Å². The average Bonchev–Trinajstić information content (AvgIpc) is 2.65. The van der Waals surface area contributed by atoms with E-state index in [-0.39, 0.29) is 16.3 Å². The fourth-order valence-corrected chi connectivity index (χ4v) is 3.54. The lowest BCUT2D eigenvalue weighted by atomic mass is 10.2. The molecule has 152 valence electrons. The van der Waals surface area contributed by atoms with E-state index in [1.165, 1.54) is 17.6 Å². The summed E-state index contributed by atoms with van der Waals surface area (Å²) in [5, 5.41) is 3.48. The number of carbonyl (C=O) groups excluding carboxylic acids is 1. The molecule has 0 spiro atoms. The number of aryl methyl sites for hydroxylation is 1. The Balaban J connectivity index is 1.74. The van der Waals surface area contributed by atoms with Crippen LogP contribution in [-0.2, 0) is 17.9 Å². The third-order valence-corrected chi connectivity index (χ3v) is 4.82. The van der Waals surface area contributed by atoms with E-state index in [1.807, 2.05) is 24.3 Å². The van der Waals surface area contributed by atoms with E-state index >= 15 is 0 Å². The van der Waals surface area contributed by atoms with Crippen molar-refractivity contribution in [3.05, 3.63) is 72.8 Å². The van der Waals surface area contributed by atoms with Crippen molar-refractivity contribution >= 4 is 40.0 Å². The maximum Gasteiger partial charge on any atom is 0.328 e. The summed E-state index contributed by atoms with van der Waals surface area (Å²) in [5.41, 5.74) is 0.146. The van der Waals surface area contributed by atoms with Crippen LogP contribution in [0, 0.1) is 0 Å². The van der Waals surface area contributed by atoms with Gasteiger partial charge in [-0.05, 0) is 24.6 Å². The smallest absolute Gasteiger partial charge is 0.328 e. The van der Waals surface area contributed by atoms with Crippen molar-refractivity contribution in [3.8, 4) is 5.75 Å². The predicted molar refractivity (Wildman–Crippen MR) is 113 cm³/mol. The molecule has 0 aliphatic heterocycles. The first kappa shape index (κ1) is 21.0. The lowest BCUT2D eigenvalue weighted by Crippen LogP contribution is -2.31. The molecule has 0 atom stereocenters. The zero-order valence-corrected chi connectivity index (χ0v) is 17.1. The molecule has 0 radical (unpaired) electrons. The van der Waals surface area contributed by atoms with Gasteiger partial charge in [0.25, 0.3) is 5.56 Å². The number of para-hydroxylation sites is 1. The molecule has 0 saturated heterocycles. The number of carbonyl (C=O) groups is 1. The number of amides is 1. The molecule has 29 heavy (non-hydrogen) atoms. The van der Waals surface area contributed by atoms with Crippen molar-refractivity contribution in [2.75, 3.05) is 6.61 Å². The molecular weight excluding hydrogens is 417 g/mol. The first-order chi connectivity index (χ1) is 13.9. The van der Waals surface area contributed by atoms with Gasteiger partial charge in [0.2, 0.25) is 5.91 Å². The summed E-state index contributed by atoms with van der Waals surface area (Å²) in [4.78, 5) is 37.8. The second-order valence-corrected chi connectivity index (χ2v) is 7.26. The molecule has 3 aromatic rings. The van der Waals surface area contributed by atoms with E-state index in [2.05, 4.69) is 10.3 Å². The highest BCUT2D eigenvalue weighted by molar-refractivity contribution is 6.38.